The van der Waals surface area contributed by atoms with Crippen LogP contribution < -0.4 is 4.74 Å². The molecule has 6 nitrogen and oxygen atoms in total. The van der Waals surface area contributed by atoms with Crippen LogP contribution in [-0.4, -0.2) is 26.9 Å². The molecule has 0 aliphatic carbocycles. The molecule has 158 valence electrons. The summed E-state index contributed by atoms with van der Waals surface area (Å²) in [7, 11) is 1.66. The number of hydrogen-bond donors (Lipinski definition) is 0. The number of nitrogens with zero attached hydrogens (tertiary/aromatic N) is 4. The normalized spacial score (nSPS) is 18.1. The molecule has 0 N–H and O–H groups in total. The lowest BCUT2D eigenvalue weighted by molar-refractivity contribution is 0.378. The van der Waals surface area contributed by atoms with E-state index in [-0.39, 0.29) is 5.41 Å². The molecule has 0 saturated heterocycles. The average Bonchev–Trinajstić information content (AvgIpc) is 3.41. The van der Waals surface area contributed by atoms with Gasteiger partial charge in [0.25, 0.3) is 0 Å². The minimum atomic E-state index is -0.213. The Hall–Kier alpha value is -3.12. The van der Waals surface area contributed by atoms with Gasteiger partial charge in [0.05, 0.1) is 24.3 Å². The van der Waals surface area contributed by atoms with Gasteiger partial charge >= 0.3 is 0 Å². The smallest absolute Gasteiger partial charge is 0.191 e. The highest BCUT2D eigenvalue weighted by molar-refractivity contribution is 6.30. The Morgan fingerprint density at radius 2 is 1.94 bits per heavy atom. The van der Waals surface area contributed by atoms with E-state index in [1.807, 2.05) is 37.3 Å². The number of aromatic nitrogens is 4. The van der Waals surface area contributed by atoms with E-state index in [2.05, 4.69) is 38.8 Å². The van der Waals surface area contributed by atoms with Gasteiger partial charge < -0.3 is 13.7 Å². The second kappa shape index (κ2) is 7.54. The highest BCUT2D eigenvalue weighted by Crippen LogP contribution is 2.41. The fraction of sp³-hybridized carbons (Fsp3) is 0.292. The zero-order valence-electron chi connectivity index (χ0n) is 17.7. The predicted molar refractivity (Wildman–Crippen MR) is 119 cm³/mol. The minimum Gasteiger partial charge on any atom is -0.496 e. The summed E-state index contributed by atoms with van der Waals surface area (Å²) in [5.74, 6) is 3.83. The number of methoxy groups -OCH3 is 1. The van der Waals surface area contributed by atoms with Gasteiger partial charge in [0.2, 0.25) is 0 Å². The van der Waals surface area contributed by atoms with Crippen LogP contribution in [0.5, 0.6) is 5.75 Å². The molecular weight excluding hydrogens is 412 g/mol. The van der Waals surface area contributed by atoms with E-state index < -0.39 is 0 Å². The first-order chi connectivity index (χ1) is 15.0. The molecule has 1 unspecified atom stereocenters. The summed E-state index contributed by atoms with van der Waals surface area (Å²) in [6, 6.07) is 14.0. The molecule has 3 heterocycles. The lowest BCUT2D eigenvalue weighted by Crippen LogP contribution is -2.32. The highest BCUT2D eigenvalue weighted by Gasteiger charge is 2.38. The Morgan fingerprint density at radius 1 is 1.13 bits per heavy atom. The van der Waals surface area contributed by atoms with E-state index in [1.54, 1.807) is 13.3 Å². The Kier molecular flexibility index (Phi) is 4.82. The van der Waals surface area contributed by atoms with E-state index >= 15 is 0 Å². The van der Waals surface area contributed by atoms with Gasteiger partial charge in [-0.2, -0.15) is 0 Å². The van der Waals surface area contributed by atoms with Crippen molar-refractivity contribution in [1.29, 1.82) is 0 Å². The fourth-order valence-electron chi connectivity index (χ4n) is 4.45. The lowest BCUT2D eigenvalue weighted by Gasteiger charge is -2.34. The van der Waals surface area contributed by atoms with Crippen LogP contribution in [0.1, 0.15) is 37.0 Å². The highest BCUT2D eigenvalue weighted by atomic mass is 35.5. The maximum atomic E-state index is 6.11. The first kappa shape index (κ1) is 19.8. The zero-order chi connectivity index (χ0) is 21.6. The van der Waals surface area contributed by atoms with Crippen LogP contribution >= 0.6 is 11.6 Å². The first-order valence-electron chi connectivity index (χ1n) is 10.3. The Bertz CT molecular complexity index is 1240. The van der Waals surface area contributed by atoms with Gasteiger partial charge in [0.1, 0.15) is 11.6 Å². The molecule has 31 heavy (non-hydrogen) atoms. The number of benzene rings is 2. The number of rotatable bonds is 4. The standard InChI is InChI=1S/C24H23ClN4O2/c1-15-26-14-21(31-15)19-10-5-16(13-20(19)30-3)22-27-28-23-24(2,11-4-12-29(22)23)17-6-8-18(25)9-7-17/h5-10,13-14H,4,11-12H2,1-3H3. The summed E-state index contributed by atoms with van der Waals surface area (Å²) in [6.45, 7) is 4.94. The molecule has 4 aromatic rings. The van der Waals surface area contributed by atoms with Gasteiger partial charge in [-0.05, 0) is 49.6 Å². The molecular formula is C24H23ClN4O2. The minimum absolute atomic E-state index is 0.213. The number of halogens is 1. The Balaban J connectivity index is 1.57. The quantitative estimate of drug-likeness (QED) is 0.414. The number of aryl methyl sites for hydroxylation is 1. The second-order valence-electron chi connectivity index (χ2n) is 8.10. The van der Waals surface area contributed by atoms with Gasteiger partial charge in [-0.15, -0.1) is 10.2 Å². The molecule has 0 saturated carbocycles. The Labute approximate surface area is 185 Å². The van der Waals surface area contributed by atoms with Crippen molar-refractivity contribution in [2.45, 2.75) is 38.6 Å². The summed E-state index contributed by atoms with van der Waals surface area (Å²) >= 11 is 6.11. The van der Waals surface area contributed by atoms with Crippen LogP contribution in [-0.2, 0) is 12.0 Å². The van der Waals surface area contributed by atoms with Gasteiger partial charge in [0, 0.05) is 24.1 Å². The van der Waals surface area contributed by atoms with Crippen LogP contribution in [0.4, 0.5) is 0 Å². The number of oxazole rings is 1. The molecule has 1 aliphatic heterocycles. The third kappa shape index (κ3) is 3.31. The van der Waals surface area contributed by atoms with Crippen LogP contribution in [0.15, 0.2) is 53.1 Å². The van der Waals surface area contributed by atoms with Gasteiger partial charge in [-0.25, -0.2) is 4.98 Å². The van der Waals surface area contributed by atoms with E-state index in [4.69, 9.17) is 20.8 Å². The van der Waals surface area contributed by atoms with E-state index in [9.17, 15) is 0 Å². The molecule has 2 aromatic heterocycles. The molecule has 2 aromatic carbocycles. The third-order valence-corrected chi connectivity index (χ3v) is 6.38. The maximum absolute atomic E-state index is 6.11. The molecule has 7 heteroatoms. The van der Waals surface area contributed by atoms with Crippen molar-refractivity contribution in [3.8, 4) is 28.5 Å². The van der Waals surface area contributed by atoms with Crippen LogP contribution in [0.2, 0.25) is 5.02 Å². The predicted octanol–water partition coefficient (Wildman–Crippen LogP) is 5.67. The van der Waals surface area contributed by atoms with E-state index in [0.717, 1.165) is 47.2 Å². The summed E-state index contributed by atoms with van der Waals surface area (Å²) in [4.78, 5) is 4.19. The summed E-state index contributed by atoms with van der Waals surface area (Å²) < 4.78 is 13.6. The van der Waals surface area contributed by atoms with Crippen LogP contribution in [0.25, 0.3) is 22.7 Å². The van der Waals surface area contributed by atoms with Crippen molar-refractivity contribution in [3.63, 3.8) is 0 Å². The molecule has 0 spiro atoms. The number of hydrogen-bond acceptors (Lipinski definition) is 5. The van der Waals surface area contributed by atoms with Crippen molar-refractivity contribution in [2.24, 2.45) is 0 Å². The topological polar surface area (TPSA) is 66.0 Å². The second-order valence-corrected chi connectivity index (χ2v) is 8.54. The van der Waals surface area contributed by atoms with Gasteiger partial charge in [-0.3, -0.25) is 0 Å². The maximum Gasteiger partial charge on any atom is 0.191 e. The first-order valence-corrected chi connectivity index (χ1v) is 10.7. The molecule has 1 aliphatic rings. The molecule has 0 bridgehead atoms. The molecule has 0 amide bonds. The summed E-state index contributed by atoms with van der Waals surface area (Å²) in [5, 5.41) is 9.95. The van der Waals surface area contributed by atoms with Crippen LogP contribution in [0, 0.1) is 6.92 Å². The van der Waals surface area contributed by atoms with Gasteiger partial charge in [-0.1, -0.05) is 29.8 Å². The van der Waals surface area contributed by atoms with E-state index in [1.165, 1.54) is 5.56 Å². The van der Waals surface area contributed by atoms with Gasteiger partial charge in [0.15, 0.2) is 17.5 Å². The molecule has 5 rings (SSSR count). The largest absolute Gasteiger partial charge is 0.496 e. The van der Waals surface area contributed by atoms with Crippen molar-refractivity contribution >= 4 is 11.6 Å². The van der Waals surface area contributed by atoms with Crippen molar-refractivity contribution in [3.05, 3.63) is 71.0 Å². The monoisotopic (exact) mass is 434 g/mol. The van der Waals surface area contributed by atoms with E-state index in [0.29, 0.717) is 17.4 Å². The molecule has 1 atom stereocenters. The number of ether oxygens (including phenoxy) is 1. The summed E-state index contributed by atoms with van der Waals surface area (Å²) in [6.07, 6.45) is 3.77. The third-order valence-electron chi connectivity index (χ3n) is 6.13. The zero-order valence-corrected chi connectivity index (χ0v) is 18.5. The SMILES string of the molecule is COc1cc(-c2nnc3n2CCCC3(C)c2ccc(Cl)cc2)ccc1-c1cnc(C)o1. The number of fused-ring (bicyclic) bond motifs is 1. The molecule has 0 radical (unpaired) electrons. The lowest BCUT2D eigenvalue weighted by atomic mass is 9.76. The van der Waals surface area contributed by atoms with Crippen LogP contribution in [0.3, 0.4) is 0 Å². The summed E-state index contributed by atoms with van der Waals surface area (Å²) in [5.41, 5.74) is 2.80. The van der Waals surface area contributed by atoms with Crippen molar-refractivity contribution in [1.82, 2.24) is 19.7 Å². The van der Waals surface area contributed by atoms with Crippen molar-refractivity contribution < 1.29 is 9.15 Å². The average molecular weight is 435 g/mol. The molecule has 0 fully saturated rings. The van der Waals surface area contributed by atoms with Crippen molar-refractivity contribution in [2.75, 3.05) is 7.11 Å². The Morgan fingerprint density at radius 3 is 2.65 bits per heavy atom. The fourth-order valence-corrected chi connectivity index (χ4v) is 4.58.